The van der Waals surface area contributed by atoms with Crippen molar-refractivity contribution in [3.8, 4) is 0 Å². The minimum absolute atomic E-state index is 0.0335. The van der Waals surface area contributed by atoms with Gasteiger partial charge in [-0.05, 0) is 54.3 Å². The molecule has 214 valence electrons. The van der Waals surface area contributed by atoms with Crippen molar-refractivity contribution in [3.63, 3.8) is 0 Å². The highest BCUT2D eigenvalue weighted by atomic mass is 19.1. The number of methoxy groups -OCH3 is 1. The molecule has 40 heavy (non-hydrogen) atoms. The van der Waals surface area contributed by atoms with E-state index in [4.69, 9.17) is 4.74 Å². The van der Waals surface area contributed by atoms with Crippen molar-refractivity contribution in [2.24, 2.45) is 0 Å². The summed E-state index contributed by atoms with van der Waals surface area (Å²) in [6, 6.07) is 18.4. The summed E-state index contributed by atoms with van der Waals surface area (Å²) in [5, 5.41) is 17.3. The first-order valence-corrected chi connectivity index (χ1v) is 13.4. The highest BCUT2D eigenvalue weighted by molar-refractivity contribution is 5.99. The number of carbonyl (C=O) groups is 2. The van der Waals surface area contributed by atoms with Crippen LogP contribution in [-0.2, 0) is 17.7 Å². The van der Waals surface area contributed by atoms with Crippen molar-refractivity contribution in [3.05, 3.63) is 107 Å². The average Bonchev–Trinajstić information content (AvgIpc) is 2.94. The van der Waals surface area contributed by atoms with Crippen LogP contribution >= 0.6 is 0 Å². The van der Waals surface area contributed by atoms with Gasteiger partial charge in [-0.3, -0.25) is 9.59 Å². The number of rotatable bonds is 15. The van der Waals surface area contributed by atoms with E-state index in [0.717, 1.165) is 11.6 Å². The number of nitrogens with one attached hydrogen (secondary N) is 2. The highest BCUT2D eigenvalue weighted by Gasteiger charge is 2.31. The smallest absolute Gasteiger partial charge is 0.254 e. The van der Waals surface area contributed by atoms with Gasteiger partial charge in [0.15, 0.2) is 0 Å². The predicted molar refractivity (Wildman–Crippen MR) is 150 cm³/mol. The van der Waals surface area contributed by atoms with Crippen molar-refractivity contribution in [1.82, 2.24) is 15.5 Å². The summed E-state index contributed by atoms with van der Waals surface area (Å²) in [6.45, 7) is 3.52. The molecule has 0 unspecified atom stereocenters. The Hall–Kier alpha value is -3.66. The van der Waals surface area contributed by atoms with E-state index < -0.39 is 29.7 Å². The molecule has 0 fully saturated rings. The van der Waals surface area contributed by atoms with Crippen LogP contribution in [0.5, 0.6) is 0 Å². The Morgan fingerprint density at radius 2 is 1.65 bits per heavy atom. The van der Waals surface area contributed by atoms with E-state index in [-0.39, 0.29) is 24.4 Å². The Morgan fingerprint density at radius 1 is 0.950 bits per heavy atom. The monoisotopic (exact) mass is 553 g/mol. The maximum absolute atomic E-state index is 14.0. The van der Waals surface area contributed by atoms with Crippen LogP contribution in [0.4, 0.5) is 8.78 Å². The molecule has 0 aliphatic carbocycles. The summed E-state index contributed by atoms with van der Waals surface area (Å²) in [5.74, 6) is -2.19. The van der Waals surface area contributed by atoms with Crippen molar-refractivity contribution < 1.29 is 28.2 Å². The van der Waals surface area contributed by atoms with Gasteiger partial charge in [-0.15, -0.1) is 0 Å². The van der Waals surface area contributed by atoms with Gasteiger partial charge in [0, 0.05) is 50.5 Å². The van der Waals surface area contributed by atoms with Gasteiger partial charge < -0.3 is 25.4 Å². The van der Waals surface area contributed by atoms with Crippen LogP contribution in [0.15, 0.2) is 72.8 Å². The van der Waals surface area contributed by atoms with E-state index in [9.17, 15) is 23.5 Å². The standard InChI is InChI=1S/C31H37F2N3O4/c1-3-13-36(31(39)25-11-7-10-24(18-25)30(38)35-12-14-40-2)28(17-23-15-26(32)19-27(33)16-23)29(37)21-34-20-22-8-5-4-6-9-22/h4-11,15-16,18-19,28-29,34,37H,3,12-14,17,20-21H2,1-2H3,(H,35,38)/t28-,29+/m0/s1. The first-order valence-electron chi connectivity index (χ1n) is 13.4. The quantitative estimate of drug-likeness (QED) is 0.248. The van der Waals surface area contributed by atoms with Gasteiger partial charge in [0.05, 0.1) is 18.8 Å². The van der Waals surface area contributed by atoms with E-state index in [0.29, 0.717) is 43.8 Å². The zero-order valence-electron chi connectivity index (χ0n) is 22.9. The summed E-state index contributed by atoms with van der Waals surface area (Å²) in [7, 11) is 1.54. The lowest BCUT2D eigenvalue weighted by atomic mass is 9.97. The number of amides is 2. The summed E-state index contributed by atoms with van der Waals surface area (Å²) in [4.78, 5) is 27.9. The molecular weight excluding hydrogens is 516 g/mol. The van der Waals surface area contributed by atoms with Gasteiger partial charge in [0.1, 0.15) is 11.6 Å². The second kappa shape index (κ2) is 15.8. The van der Waals surface area contributed by atoms with E-state index in [2.05, 4.69) is 10.6 Å². The lowest BCUT2D eigenvalue weighted by Gasteiger charge is -2.35. The lowest BCUT2D eigenvalue weighted by molar-refractivity contribution is 0.0353. The van der Waals surface area contributed by atoms with Crippen LogP contribution in [0.25, 0.3) is 0 Å². The predicted octanol–water partition coefficient (Wildman–Crippen LogP) is 3.96. The fourth-order valence-electron chi connectivity index (χ4n) is 4.51. The second-order valence-corrected chi connectivity index (χ2v) is 9.56. The van der Waals surface area contributed by atoms with E-state index >= 15 is 0 Å². The molecule has 9 heteroatoms. The molecule has 0 aliphatic rings. The molecule has 7 nitrogen and oxygen atoms in total. The molecule has 2 amide bonds. The molecule has 0 aromatic heterocycles. The minimum atomic E-state index is -1.05. The van der Waals surface area contributed by atoms with Gasteiger partial charge in [0.2, 0.25) is 0 Å². The zero-order chi connectivity index (χ0) is 28.9. The van der Waals surface area contributed by atoms with Crippen LogP contribution in [0, 0.1) is 11.6 Å². The second-order valence-electron chi connectivity index (χ2n) is 9.56. The number of halogens is 2. The number of carbonyl (C=O) groups excluding carboxylic acids is 2. The molecular formula is C31H37F2N3O4. The maximum atomic E-state index is 14.0. The van der Waals surface area contributed by atoms with Gasteiger partial charge >= 0.3 is 0 Å². The molecule has 2 atom stereocenters. The third kappa shape index (κ3) is 9.22. The molecule has 3 aromatic rings. The van der Waals surface area contributed by atoms with Crippen molar-refractivity contribution in [1.29, 1.82) is 0 Å². The molecule has 0 heterocycles. The molecule has 0 aliphatic heterocycles. The van der Waals surface area contributed by atoms with Crippen LogP contribution in [0.1, 0.15) is 45.2 Å². The Balaban J connectivity index is 1.86. The SMILES string of the molecule is CCCN(C(=O)c1cccc(C(=O)NCCOC)c1)[C@@H](Cc1cc(F)cc(F)c1)[C@H](O)CNCc1ccccc1. The number of aliphatic hydroxyl groups is 1. The molecule has 0 bridgehead atoms. The number of ether oxygens (including phenoxy) is 1. The van der Waals surface area contributed by atoms with Crippen LogP contribution < -0.4 is 10.6 Å². The zero-order valence-corrected chi connectivity index (χ0v) is 22.9. The summed E-state index contributed by atoms with van der Waals surface area (Å²) in [5.41, 5.74) is 1.94. The van der Waals surface area contributed by atoms with Gasteiger partial charge in [0.25, 0.3) is 11.8 Å². The highest BCUT2D eigenvalue weighted by Crippen LogP contribution is 2.20. The fourth-order valence-corrected chi connectivity index (χ4v) is 4.51. The third-order valence-electron chi connectivity index (χ3n) is 6.43. The van der Waals surface area contributed by atoms with E-state index in [1.54, 1.807) is 18.2 Å². The Labute approximate surface area is 234 Å². The molecule has 0 saturated carbocycles. The first-order chi connectivity index (χ1) is 19.3. The summed E-state index contributed by atoms with van der Waals surface area (Å²) < 4.78 is 33.0. The van der Waals surface area contributed by atoms with Gasteiger partial charge in [-0.2, -0.15) is 0 Å². The van der Waals surface area contributed by atoms with Crippen LogP contribution in [-0.4, -0.2) is 67.3 Å². The number of aliphatic hydroxyl groups excluding tert-OH is 1. The number of nitrogens with zero attached hydrogens (tertiary/aromatic N) is 1. The number of hydrogen-bond donors (Lipinski definition) is 3. The summed E-state index contributed by atoms with van der Waals surface area (Å²) in [6.07, 6.45) is -0.432. The lowest BCUT2D eigenvalue weighted by Crippen LogP contribution is -2.51. The van der Waals surface area contributed by atoms with Crippen LogP contribution in [0.3, 0.4) is 0 Å². The summed E-state index contributed by atoms with van der Waals surface area (Å²) >= 11 is 0. The van der Waals surface area contributed by atoms with Gasteiger partial charge in [-0.1, -0.05) is 43.3 Å². The maximum Gasteiger partial charge on any atom is 0.254 e. The molecule has 3 aromatic carbocycles. The molecule has 3 N–H and O–H groups in total. The largest absolute Gasteiger partial charge is 0.390 e. The molecule has 0 spiro atoms. The molecule has 3 rings (SSSR count). The van der Waals surface area contributed by atoms with E-state index in [1.165, 1.54) is 30.2 Å². The van der Waals surface area contributed by atoms with E-state index in [1.807, 2.05) is 37.3 Å². The fraction of sp³-hybridized carbons (Fsp3) is 0.355. The van der Waals surface area contributed by atoms with Crippen molar-refractivity contribution in [2.45, 2.75) is 38.5 Å². The molecule has 0 radical (unpaired) electrons. The molecule has 0 saturated heterocycles. The minimum Gasteiger partial charge on any atom is -0.390 e. The van der Waals surface area contributed by atoms with Crippen molar-refractivity contribution >= 4 is 11.8 Å². The van der Waals surface area contributed by atoms with Gasteiger partial charge in [-0.25, -0.2) is 8.78 Å². The number of benzene rings is 3. The van der Waals surface area contributed by atoms with Crippen LogP contribution in [0.2, 0.25) is 0 Å². The topological polar surface area (TPSA) is 90.9 Å². The first kappa shape index (κ1) is 30.9. The van der Waals surface area contributed by atoms with Crippen molar-refractivity contribution in [2.75, 3.05) is 33.4 Å². The Morgan fingerprint density at radius 3 is 2.33 bits per heavy atom. The normalized spacial score (nSPS) is 12.5. The Bertz CT molecular complexity index is 1220. The third-order valence-corrected chi connectivity index (χ3v) is 6.43. The average molecular weight is 554 g/mol. The Kier molecular flexibility index (Phi) is 12.2. The number of hydrogen-bond acceptors (Lipinski definition) is 5.